The normalized spacial score (nSPS) is 14.2. The monoisotopic (exact) mass is 334 g/mol. The predicted octanol–water partition coefficient (Wildman–Crippen LogP) is 3.14. The Balaban J connectivity index is 1.38. The van der Waals surface area contributed by atoms with Gasteiger partial charge < -0.3 is 15.2 Å². The molecule has 2 aromatic heterocycles. The van der Waals surface area contributed by atoms with E-state index in [1.807, 2.05) is 30.5 Å². The van der Waals surface area contributed by atoms with Gasteiger partial charge >= 0.3 is 0 Å². The van der Waals surface area contributed by atoms with Crippen LogP contribution in [-0.2, 0) is 6.42 Å². The van der Waals surface area contributed by atoms with Crippen LogP contribution in [0.5, 0.6) is 0 Å². The van der Waals surface area contributed by atoms with Crippen LogP contribution in [0.3, 0.4) is 0 Å². The van der Waals surface area contributed by atoms with E-state index in [2.05, 4.69) is 32.3 Å². The molecule has 3 heterocycles. The molecular weight excluding hydrogens is 312 g/mol. The second-order valence-electron chi connectivity index (χ2n) is 6.46. The summed E-state index contributed by atoms with van der Waals surface area (Å²) in [6.07, 6.45) is 6.97. The van der Waals surface area contributed by atoms with Gasteiger partial charge in [-0.05, 0) is 43.0 Å². The number of carbonyl (C=O) groups excluding carboxylic acids is 1. The highest BCUT2D eigenvalue weighted by Crippen LogP contribution is 2.20. The van der Waals surface area contributed by atoms with Gasteiger partial charge in [0, 0.05) is 48.6 Å². The summed E-state index contributed by atoms with van der Waals surface area (Å²) in [6.45, 7) is 2.72. The van der Waals surface area contributed by atoms with Gasteiger partial charge in [-0.1, -0.05) is 18.2 Å². The maximum absolute atomic E-state index is 12.4. The van der Waals surface area contributed by atoms with Crippen LogP contribution in [-0.4, -0.2) is 35.5 Å². The predicted molar refractivity (Wildman–Crippen MR) is 100 cm³/mol. The molecule has 0 spiro atoms. The number of H-pyrrole nitrogens is 1. The van der Waals surface area contributed by atoms with E-state index in [4.69, 9.17) is 0 Å². The van der Waals surface area contributed by atoms with Gasteiger partial charge in [0.15, 0.2) is 0 Å². The van der Waals surface area contributed by atoms with Crippen molar-refractivity contribution < 1.29 is 4.79 Å². The van der Waals surface area contributed by atoms with Gasteiger partial charge in [0.1, 0.15) is 5.69 Å². The van der Waals surface area contributed by atoms with Gasteiger partial charge in [0.05, 0.1) is 0 Å². The first-order valence-electron chi connectivity index (χ1n) is 8.85. The number of nitrogens with zero attached hydrogens (tertiary/aromatic N) is 2. The summed E-state index contributed by atoms with van der Waals surface area (Å²) in [6, 6.07) is 12.1. The Hall–Kier alpha value is -2.82. The Morgan fingerprint density at radius 1 is 1.20 bits per heavy atom. The minimum Gasteiger partial charge on any atom is -0.371 e. The molecule has 25 heavy (non-hydrogen) atoms. The number of aromatic nitrogens is 2. The van der Waals surface area contributed by atoms with Crippen molar-refractivity contribution in [3.8, 4) is 0 Å². The van der Waals surface area contributed by atoms with E-state index in [0.29, 0.717) is 12.2 Å². The number of carbonyl (C=O) groups is 1. The minimum atomic E-state index is -0.110. The summed E-state index contributed by atoms with van der Waals surface area (Å²) in [5.41, 5.74) is 3.93. The van der Waals surface area contributed by atoms with Crippen molar-refractivity contribution in [2.45, 2.75) is 19.3 Å². The lowest BCUT2D eigenvalue weighted by Gasteiger charge is -2.17. The average Bonchev–Trinajstić information content (AvgIpc) is 3.32. The number of fused-ring (bicyclic) bond motifs is 1. The summed E-state index contributed by atoms with van der Waals surface area (Å²) in [5, 5.41) is 4.20. The zero-order valence-corrected chi connectivity index (χ0v) is 14.2. The average molecular weight is 334 g/mol. The van der Waals surface area contributed by atoms with Crippen LogP contribution in [0.25, 0.3) is 10.9 Å². The summed E-state index contributed by atoms with van der Waals surface area (Å²) in [7, 11) is 0. The summed E-state index contributed by atoms with van der Waals surface area (Å²) in [4.78, 5) is 22.2. The van der Waals surface area contributed by atoms with Crippen LogP contribution < -0.4 is 10.2 Å². The fourth-order valence-corrected chi connectivity index (χ4v) is 3.46. The lowest BCUT2D eigenvalue weighted by Crippen LogP contribution is -2.27. The van der Waals surface area contributed by atoms with Crippen molar-refractivity contribution in [1.29, 1.82) is 0 Å². The fourth-order valence-electron chi connectivity index (χ4n) is 3.46. The molecular formula is C20H22N4O. The highest BCUT2D eigenvalue weighted by atomic mass is 16.1. The van der Waals surface area contributed by atoms with Crippen molar-refractivity contribution in [1.82, 2.24) is 15.3 Å². The SMILES string of the molecule is O=C(NCCc1c[nH]c2ccccc12)c1cc(N2CCCC2)ccn1. The van der Waals surface area contributed by atoms with E-state index in [1.165, 1.54) is 23.8 Å². The summed E-state index contributed by atoms with van der Waals surface area (Å²) < 4.78 is 0. The summed E-state index contributed by atoms with van der Waals surface area (Å²) >= 11 is 0. The van der Waals surface area contributed by atoms with Crippen molar-refractivity contribution in [2.75, 3.05) is 24.5 Å². The van der Waals surface area contributed by atoms with Crippen LogP contribution in [0.2, 0.25) is 0 Å². The second-order valence-corrected chi connectivity index (χ2v) is 6.46. The number of para-hydroxylation sites is 1. The number of aromatic amines is 1. The molecule has 5 nitrogen and oxygen atoms in total. The smallest absolute Gasteiger partial charge is 0.269 e. The molecule has 1 aliphatic rings. The number of hydrogen-bond donors (Lipinski definition) is 2. The molecule has 1 amide bonds. The third kappa shape index (κ3) is 3.36. The third-order valence-electron chi connectivity index (χ3n) is 4.80. The van der Waals surface area contributed by atoms with E-state index < -0.39 is 0 Å². The van der Waals surface area contributed by atoms with Crippen molar-refractivity contribution in [2.24, 2.45) is 0 Å². The number of anilines is 1. The van der Waals surface area contributed by atoms with E-state index >= 15 is 0 Å². The highest BCUT2D eigenvalue weighted by Gasteiger charge is 2.15. The number of hydrogen-bond acceptors (Lipinski definition) is 3. The number of pyridine rings is 1. The van der Waals surface area contributed by atoms with E-state index in [0.717, 1.165) is 30.7 Å². The summed E-state index contributed by atoms with van der Waals surface area (Å²) in [5.74, 6) is -0.110. The molecule has 5 heteroatoms. The molecule has 1 fully saturated rings. The molecule has 3 aromatic rings. The van der Waals surface area contributed by atoms with Crippen LogP contribution >= 0.6 is 0 Å². The number of amides is 1. The number of nitrogens with one attached hydrogen (secondary N) is 2. The van der Waals surface area contributed by atoms with Gasteiger partial charge in [-0.25, -0.2) is 0 Å². The van der Waals surface area contributed by atoms with Crippen LogP contribution in [0.1, 0.15) is 28.9 Å². The van der Waals surface area contributed by atoms with Crippen LogP contribution in [0.4, 0.5) is 5.69 Å². The molecule has 0 saturated carbocycles. The van der Waals surface area contributed by atoms with Gasteiger partial charge in [0.2, 0.25) is 0 Å². The molecule has 2 N–H and O–H groups in total. The largest absolute Gasteiger partial charge is 0.371 e. The Morgan fingerprint density at radius 2 is 2.04 bits per heavy atom. The Bertz CT molecular complexity index is 880. The van der Waals surface area contributed by atoms with E-state index in [9.17, 15) is 4.79 Å². The molecule has 128 valence electrons. The van der Waals surface area contributed by atoms with Crippen molar-refractivity contribution in [3.63, 3.8) is 0 Å². The molecule has 0 bridgehead atoms. The van der Waals surface area contributed by atoms with Crippen LogP contribution in [0.15, 0.2) is 48.8 Å². The maximum atomic E-state index is 12.4. The zero-order chi connectivity index (χ0) is 17.1. The van der Waals surface area contributed by atoms with Gasteiger partial charge in [-0.3, -0.25) is 9.78 Å². The van der Waals surface area contributed by atoms with E-state index in [1.54, 1.807) is 6.20 Å². The first-order valence-corrected chi connectivity index (χ1v) is 8.85. The molecule has 0 radical (unpaired) electrons. The highest BCUT2D eigenvalue weighted by molar-refractivity contribution is 5.93. The maximum Gasteiger partial charge on any atom is 0.269 e. The second kappa shape index (κ2) is 6.97. The standard InChI is InChI=1S/C20H22N4O/c25-20(19-13-16(8-10-21-19)24-11-3-4-12-24)22-9-7-15-14-23-18-6-2-1-5-17(15)18/h1-2,5-6,8,10,13-14,23H,3-4,7,9,11-12H2,(H,22,25). The first-order chi connectivity index (χ1) is 12.3. The Kier molecular flexibility index (Phi) is 4.37. The molecule has 4 rings (SSSR count). The first kappa shape index (κ1) is 15.7. The van der Waals surface area contributed by atoms with Gasteiger partial charge in [-0.15, -0.1) is 0 Å². The fraction of sp³-hybridized carbons (Fsp3) is 0.300. The molecule has 1 aromatic carbocycles. The number of rotatable bonds is 5. The quantitative estimate of drug-likeness (QED) is 0.753. The minimum absolute atomic E-state index is 0.110. The topological polar surface area (TPSA) is 61.0 Å². The zero-order valence-electron chi connectivity index (χ0n) is 14.2. The molecule has 0 atom stereocenters. The van der Waals surface area contributed by atoms with Crippen LogP contribution in [0, 0.1) is 0 Å². The molecule has 1 aliphatic heterocycles. The van der Waals surface area contributed by atoms with Gasteiger partial charge in [0.25, 0.3) is 5.91 Å². The molecule has 1 saturated heterocycles. The number of benzene rings is 1. The van der Waals surface area contributed by atoms with Crippen molar-refractivity contribution >= 4 is 22.5 Å². The molecule has 0 unspecified atom stereocenters. The lowest BCUT2D eigenvalue weighted by atomic mass is 10.1. The third-order valence-corrected chi connectivity index (χ3v) is 4.80. The Labute approximate surface area is 147 Å². The van der Waals surface area contributed by atoms with Gasteiger partial charge in [-0.2, -0.15) is 0 Å². The van der Waals surface area contributed by atoms with Crippen molar-refractivity contribution in [3.05, 3.63) is 60.0 Å². The molecule has 0 aliphatic carbocycles. The lowest BCUT2D eigenvalue weighted by molar-refractivity contribution is 0.0949. The van der Waals surface area contributed by atoms with E-state index in [-0.39, 0.29) is 5.91 Å². The Morgan fingerprint density at radius 3 is 2.92 bits per heavy atom.